The standard InChI is InChI=1S/C25H27N7O2/c1-34-21-10-6-5-9-17(21)24-18-14-32(12-11-19(18)30-31-24)23-13-22(26)28-25(29-23)27-20(15-33)16-7-3-2-4-8-16/h2-10,13,20,33H,11-12,14-15H2,1H3,(H,30,31)(H3,26,27,28,29)/t20-/m1/s1. The number of methoxy groups -OCH3 is 1. The smallest absolute Gasteiger partial charge is 0.227 e. The minimum Gasteiger partial charge on any atom is -0.496 e. The third-order valence-electron chi connectivity index (χ3n) is 6.04. The monoisotopic (exact) mass is 457 g/mol. The summed E-state index contributed by atoms with van der Waals surface area (Å²) in [4.78, 5) is 11.2. The number of nitrogen functional groups attached to an aromatic ring is 1. The number of rotatable bonds is 7. The number of ether oxygens (including phenoxy) is 1. The number of aliphatic hydroxyl groups excluding tert-OH is 1. The van der Waals surface area contributed by atoms with Gasteiger partial charge in [0.1, 0.15) is 23.1 Å². The van der Waals surface area contributed by atoms with Crippen molar-refractivity contribution in [1.29, 1.82) is 0 Å². The van der Waals surface area contributed by atoms with Gasteiger partial charge >= 0.3 is 0 Å². The van der Waals surface area contributed by atoms with E-state index in [1.807, 2.05) is 54.6 Å². The summed E-state index contributed by atoms with van der Waals surface area (Å²) in [6.45, 7) is 1.29. The molecule has 0 radical (unpaired) electrons. The molecule has 4 aromatic rings. The van der Waals surface area contributed by atoms with E-state index in [2.05, 4.69) is 25.4 Å². The van der Waals surface area contributed by atoms with Gasteiger partial charge in [-0.05, 0) is 17.7 Å². The van der Waals surface area contributed by atoms with Crippen LogP contribution < -0.4 is 20.7 Å². The Labute approximate surface area is 197 Å². The third-order valence-corrected chi connectivity index (χ3v) is 6.04. The SMILES string of the molecule is COc1ccccc1-c1n[nH]c2c1CN(c1cc(N)nc(N[C@H](CO)c3ccccc3)n1)CC2. The number of aliphatic hydroxyl groups is 1. The van der Waals surface area contributed by atoms with E-state index in [1.54, 1.807) is 13.2 Å². The largest absolute Gasteiger partial charge is 0.496 e. The molecule has 0 saturated heterocycles. The fraction of sp³-hybridized carbons (Fsp3) is 0.240. The number of nitrogens with two attached hydrogens (primary N) is 1. The summed E-state index contributed by atoms with van der Waals surface area (Å²) in [6.07, 6.45) is 0.799. The van der Waals surface area contributed by atoms with Gasteiger partial charge in [0.15, 0.2) is 0 Å². The van der Waals surface area contributed by atoms with Crippen LogP contribution in [-0.2, 0) is 13.0 Å². The molecule has 0 bridgehead atoms. The minimum absolute atomic E-state index is 0.0954. The van der Waals surface area contributed by atoms with Crippen LogP contribution in [0.2, 0.25) is 0 Å². The molecule has 0 unspecified atom stereocenters. The molecule has 2 aromatic heterocycles. The summed E-state index contributed by atoms with van der Waals surface area (Å²) < 4.78 is 5.55. The van der Waals surface area contributed by atoms with Crippen LogP contribution in [0.25, 0.3) is 11.3 Å². The van der Waals surface area contributed by atoms with Gasteiger partial charge in [0.25, 0.3) is 0 Å². The van der Waals surface area contributed by atoms with E-state index in [-0.39, 0.29) is 12.6 Å². The molecule has 34 heavy (non-hydrogen) atoms. The molecule has 3 heterocycles. The molecule has 0 spiro atoms. The van der Waals surface area contributed by atoms with E-state index in [4.69, 9.17) is 15.5 Å². The van der Waals surface area contributed by atoms with Crippen molar-refractivity contribution in [1.82, 2.24) is 20.2 Å². The topological polar surface area (TPSA) is 125 Å². The van der Waals surface area contributed by atoms with E-state index in [0.717, 1.165) is 52.6 Å². The van der Waals surface area contributed by atoms with Gasteiger partial charge in [0.05, 0.1) is 19.8 Å². The van der Waals surface area contributed by atoms with E-state index < -0.39 is 0 Å². The second kappa shape index (κ2) is 9.40. The van der Waals surface area contributed by atoms with Crippen LogP contribution in [0.15, 0.2) is 60.7 Å². The van der Waals surface area contributed by atoms with Gasteiger partial charge in [-0.15, -0.1) is 0 Å². The van der Waals surface area contributed by atoms with Crippen molar-refractivity contribution >= 4 is 17.6 Å². The highest BCUT2D eigenvalue weighted by atomic mass is 16.5. The Kier molecular flexibility index (Phi) is 6.01. The van der Waals surface area contributed by atoms with Crippen molar-refractivity contribution in [3.05, 3.63) is 77.5 Å². The molecule has 0 amide bonds. The summed E-state index contributed by atoms with van der Waals surface area (Å²) in [7, 11) is 1.66. The predicted octanol–water partition coefficient (Wildman–Crippen LogP) is 3.17. The number of anilines is 3. The summed E-state index contributed by atoms with van der Waals surface area (Å²) in [5.41, 5.74) is 11.1. The lowest BCUT2D eigenvalue weighted by Crippen LogP contribution is -2.31. The lowest BCUT2D eigenvalue weighted by Gasteiger charge is -2.29. The van der Waals surface area contributed by atoms with Crippen molar-refractivity contribution in [2.45, 2.75) is 19.0 Å². The van der Waals surface area contributed by atoms with Crippen LogP contribution in [0.3, 0.4) is 0 Å². The first-order valence-electron chi connectivity index (χ1n) is 11.2. The highest BCUT2D eigenvalue weighted by Gasteiger charge is 2.25. The molecular formula is C25H27N7O2. The summed E-state index contributed by atoms with van der Waals surface area (Å²) in [5, 5.41) is 20.9. The molecule has 5 rings (SSSR count). The quantitative estimate of drug-likeness (QED) is 0.334. The van der Waals surface area contributed by atoms with Gasteiger partial charge in [-0.1, -0.05) is 42.5 Å². The molecular weight excluding hydrogens is 430 g/mol. The number of H-pyrrole nitrogens is 1. The second-order valence-corrected chi connectivity index (χ2v) is 8.17. The zero-order valence-electron chi connectivity index (χ0n) is 18.9. The normalized spacial score (nSPS) is 13.9. The number of nitrogens with one attached hydrogen (secondary N) is 2. The maximum atomic E-state index is 9.91. The predicted molar refractivity (Wildman–Crippen MR) is 132 cm³/mol. The van der Waals surface area contributed by atoms with Crippen LogP contribution in [0.1, 0.15) is 22.9 Å². The Hall–Kier alpha value is -4.11. The Morgan fingerprint density at radius 2 is 1.94 bits per heavy atom. The minimum atomic E-state index is -0.338. The first-order valence-corrected chi connectivity index (χ1v) is 11.2. The van der Waals surface area contributed by atoms with Crippen molar-refractivity contribution in [3.8, 4) is 17.0 Å². The van der Waals surface area contributed by atoms with E-state index in [9.17, 15) is 5.11 Å². The first kappa shape index (κ1) is 21.7. The maximum Gasteiger partial charge on any atom is 0.227 e. The number of benzene rings is 2. The number of hydrogen-bond acceptors (Lipinski definition) is 8. The molecule has 5 N–H and O–H groups in total. The summed E-state index contributed by atoms with van der Waals surface area (Å²) in [6, 6.07) is 19.0. The van der Waals surface area contributed by atoms with Gasteiger partial charge in [-0.2, -0.15) is 15.1 Å². The Balaban J connectivity index is 1.42. The van der Waals surface area contributed by atoms with Crippen molar-refractivity contribution in [2.75, 3.05) is 36.2 Å². The fourth-order valence-corrected chi connectivity index (χ4v) is 4.31. The summed E-state index contributed by atoms with van der Waals surface area (Å²) >= 11 is 0. The Morgan fingerprint density at radius 3 is 2.74 bits per heavy atom. The third kappa shape index (κ3) is 4.25. The van der Waals surface area contributed by atoms with Gasteiger partial charge in [-0.25, -0.2) is 0 Å². The lowest BCUT2D eigenvalue weighted by molar-refractivity contribution is 0.276. The average Bonchev–Trinajstić information content (AvgIpc) is 3.30. The maximum absolute atomic E-state index is 9.91. The Bertz CT molecular complexity index is 1280. The number of nitrogens with zero attached hydrogens (tertiary/aromatic N) is 4. The molecule has 1 atom stereocenters. The molecule has 9 heteroatoms. The van der Waals surface area contributed by atoms with Gasteiger partial charge in [0, 0.05) is 42.4 Å². The molecule has 0 fully saturated rings. The number of aromatic amines is 1. The van der Waals surface area contributed by atoms with E-state index >= 15 is 0 Å². The highest BCUT2D eigenvalue weighted by molar-refractivity contribution is 5.71. The Morgan fingerprint density at radius 1 is 1.15 bits per heavy atom. The van der Waals surface area contributed by atoms with E-state index in [1.165, 1.54) is 0 Å². The molecule has 2 aromatic carbocycles. The number of fused-ring (bicyclic) bond motifs is 1. The highest BCUT2D eigenvalue weighted by Crippen LogP contribution is 2.35. The van der Waals surface area contributed by atoms with Gasteiger partial charge in [-0.3, -0.25) is 5.10 Å². The van der Waals surface area contributed by atoms with E-state index in [0.29, 0.717) is 18.3 Å². The molecule has 1 aliphatic heterocycles. The van der Waals surface area contributed by atoms with Gasteiger partial charge < -0.3 is 25.8 Å². The second-order valence-electron chi connectivity index (χ2n) is 8.17. The van der Waals surface area contributed by atoms with Crippen LogP contribution in [0.5, 0.6) is 5.75 Å². The van der Waals surface area contributed by atoms with Crippen LogP contribution in [-0.4, -0.2) is 45.5 Å². The van der Waals surface area contributed by atoms with Gasteiger partial charge in [0.2, 0.25) is 5.95 Å². The van der Waals surface area contributed by atoms with Crippen LogP contribution in [0, 0.1) is 0 Å². The zero-order chi connectivity index (χ0) is 23.5. The first-order chi connectivity index (χ1) is 16.7. The van der Waals surface area contributed by atoms with Crippen LogP contribution >= 0.6 is 0 Å². The molecule has 9 nitrogen and oxygen atoms in total. The fourth-order valence-electron chi connectivity index (χ4n) is 4.31. The number of aromatic nitrogens is 4. The number of hydrogen-bond donors (Lipinski definition) is 4. The average molecular weight is 458 g/mol. The number of para-hydroxylation sites is 1. The molecule has 174 valence electrons. The zero-order valence-corrected chi connectivity index (χ0v) is 18.9. The summed E-state index contributed by atoms with van der Waals surface area (Å²) in [5.74, 6) is 2.24. The molecule has 0 saturated carbocycles. The lowest BCUT2D eigenvalue weighted by atomic mass is 10.0. The van der Waals surface area contributed by atoms with Crippen molar-refractivity contribution in [3.63, 3.8) is 0 Å². The molecule has 0 aliphatic carbocycles. The molecule has 1 aliphatic rings. The van der Waals surface area contributed by atoms with Crippen molar-refractivity contribution < 1.29 is 9.84 Å². The van der Waals surface area contributed by atoms with Crippen LogP contribution in [0.4, 0.5) is 17.6 Å². The van der Waals surface area contributed by atoms with Crippen molar-refractivity contribution in [2.24, 2.45) is 0 Å².